The second-order valence-corrected chi connectivity index (χ2v) is 3.62. The predicted molar refractivity (Wildman–Crippen MR) is 63.1 cm³/mol. The van der Waals surface area contributed by atoms with Gasteiger partial charge >= 0.3 is 0 Å². The summed E-state index contributed by atoms with van der Waals surface area (Å²) in [7, 11) is 0. The Balaban J connectivity index is 2.28. The summed E-state index contributed by atoms with van der Waals surface area (Å²) in [5.41, 5.74) is 9.00. The minimum absolute atomic E-state index is 0.369. The van der Waals surface area contributed by atoms with E-state index < -0.39 is 0 Å². The molecule has 0 atom stereocenters. The standard InChI is InChI=1S/C11H13N5/c1-7-4-3-5-9(6-7)14-15-10-8(2)13-16-11(10)12/h3-6H,1-2H3,(H3,12,13,16). The number of aromatic amines is 1. The van der Waals surface area contributed by atoms with E-state index in [2.05, 4.69) is 20.4 Å². The fourth-order valence-electron chi connectivity index (χ4n) is 1.37. The summed E-state index contributed by atoms with van der Waals surface area (Å²) in [5, 5.41) is 14.8. The molecule has 5 heteroatoms. The number of nitrogens with one attached hydrogen (secondary N) is 1. The van der Waals surface area contributed by atoms with Crippen molar-refractivity contribution in [3.8, 4) is 0 Å². The Kier molecular flexibility index (Phi) is 2.68. The van der Waals surface area contributed by atoms with Crippen molar-refractivity contribution in [2.75, 3.05) is 5.73 Å². The zero-order valence-electron chi connectivity index (χ0n) is 9.23. The molecule has 0 radical (unpaired) electrons. The van der Waals surface area contributed by atoms with Crippen LogP contribution in [-0.2, 0) is 0 Å². The number of aromatic nitrogens is 2. The number of benzene rings is 1. The van der Waals surface area contributed by atoms with Crippen LogP contribution in [0.1, 0.15) is 11.3 Å². The lowest BCUT2D eigenvalue weighted by Crippen LogP contribution is -1.83. The third kappa shape index (κ3) is 2.08. The van der Waals surface area contributed by atoms with Crippen LogP contribution < -0.4 is 5.73 Å². The van der Waals surface area contributed by atoms with Gasteiger partial charge in [0.05, 0.1) is 11.4 Å². The van der Waals surface area contributed by atoms with Crippen molar-refractivity contribution >= 4 is 17.2 Å². The molecule has 0 aliphatic heterocycles. The SMILES string of the molecule is Cc1cccc(N=Nc2c(N)n[nH]c2C)c1. The lowest BCUT2D eigenvalue weighted by atomic mass is 10.2. The van der Waals surface area contributed by atoms with Gasteiger partial charge in [-0.25, -0.2) is 0 Å². The van der Waals surface area contributed by atoms with Crippen LogP contribution in [0.5, 0.6) is 0 Å². The van der Waals surface area contributed by atoms with Crippen LogP contribution in [0.25, 0.3) is 0 Å². The Labute approximate surface area is 93.4 Å². The first-order valence-electron chi connectivity index (χ1n) is 4.95. The van der Waals surface area contributed by atoms with E-state index in [1.54, 1.807) is 0 Å². The maximum Gasteiger partial charge on any atom is 0.173 e. The van der Waals surface area contributed by atoms with Gasteiger partial charge in [-0.15, -0.1) is 5.11 Å². The molecular formula is C11H13N5. The molecule has 0 saturated heterocycles. The summed E-state index contributed by atoms with van der Waals surface area (Å²) in [6, 6.07) is 7.79. The van der Waals surface area contributed by atoms with Crippen molar-refractivity contribution in [1.29, 1.82) is 0 Å². The smallest absolute Gasteiger partial charge is 0.173 e. The number of nitrogens with two attached hydrogens (primary N) is 1. The molecule has 1 aromatic carbocycles. The molecule has 1 aromatic heterocycles. The molecular weight excluding hydrogens is 202 g/mol. The number of aryl methyl sites for hydroxylation is 2. The molecule has 16 heavy (non-hydrogen) atoms. The van der Waals surface area contributed by atoms with Gasteiger partial charge in [0.2, 0.25) is 0 Å². The summed E-state index contributed by atoms with van der Waals surface area (Å²) in [5.74, 6) is 0.369. The van der Waals surface area contributed by atoms with E-state index in [0.717, 1.165) is 16.9 Å². The van der Waals surface area contributed by atoms with Crippen molar-refractivity contribution in [1.82, 2.24) is 10.2 Å². The van der Waals surface area contributed by atoms with Crippen molar-refractivity contribution in [3.05, 3.63) is 35.5 Å². The van der Waals surface area contributed by atoms with Gasteiger partial charge in [0, 0.05) is 0 Å². The van der Waals surface area contributed by atoms with Crippen molar-refractivity contribution in [3.63, 3.8) is 0 Å². The number of azo groups is 1. The average Bonchev–Trinajstić information content (AvgIpc) is 2.56. The van der Waals surface area contributed by atoms with E-state index in [1.807, 2.05) is 38.1 Å². The second-order valence-electron chi connectivity index (χ2n) is 3.62. The van der Waals surface area contributed by atoms with Gasteiger partial charge in [-0.3, -0.25) is 5.10 Å². The molecule has 0 spiro atoms. The first kappa shape index (κ1) is 10.4. The van der Waals surface area contributed by atoms with Crippen LogP contribution in [0.2, 0.25) is 0 Å². The number of anilines is 1. The molecule has 1 heterocycles. The average molecular weight is 215 g/mol. The monoisotopic (exact) mass is 215 g/mol. The number of hydrogen-bond donors (Lipinski definition) is 2. The summed E-state index contributed by atoms with van der Waals surface area (Å²) >= 11 is 0. The quantitative estimate of drug-likeness (QED) is 0.755. The highest BCUT2D eigenvalue weighted by molar-refractivity contribution is 5.59. The lowest BCUT2D eigenvalue weighted by molar-refractivity contribution is 1.05. The minimum Gasteiger partial charge on any atom is -0.380 e. The first-order chi connectivity index (χ1) is 7.66. The minimum atomic E-state index is 0.369. The maximum absolute atomic E-state index is 5.64. The summed E-state index contributed by atoms with van der Waals surface area (Å²) < 4.78 is 0. The number of hydrogen-bond acceptors (Lipinski definition) is 4. The highest BCUT2D eigenvalue weighted by Crippen LogP contribution is 2.25. The number of nitrogens with zero attached hydrogens (tertiary/aromatic N) is 3. The highest BCUT2D eigenvalue weighted by Gasteiger charge is 2.04. The second kappa shape index (κ2) is 4.14. The summed E-state index contributed by atoms with van der Waals surface area (Å²) in [4.78, 5) is 0. The predicted octanol–water partition coefficient (Wildman–Crippen LogP) is 3.02. The van der Waals surface area contributed by atoms with E-state index in [-0.39, 0.29) is 0 Å². The lowest BCUT2D eigenvalue weighted by Gasteiger charge is -1.94. The fourth-order valence-corrected chi connectivity index (χ4v) is 1.37. The zero-order chi connectivity index (χ0) is 11.5. The maximum atomic E-state index is 5.64. The highest BCUT2D eigenvalue weighted by atomic mass is 15.2. The van der Waals surface area contributed by atoms with Crippen molar-refractivity contribution < 1.29 is 0 Å². The van der Waals surface area contributed by atoms with Crippen LogP contribution in [0, 0.1) is 13.8 Å². The summed E-state index contributed by atoms with van der Waals surface area (Å²) in [6.07, 6.45) is 0. The normalized spacial score (nSPS) is 11.1. The molecule has 0 bridgehead atoms. The van der Waals surface area contributed by atoms with Crippen LogP contribution >= 0.6 is 0 Å². The van der Waals surface area contributed by atoms with E-state index in [9.17, 15) is 0 Å². The van der Waals surface area contributed by atoms with Gasteiger partial charge in [-0.05, 0) is 31.5 Å². The number of rotatable bonds is 2. The largest absolute Gasteiger partial charge is 0.380 e. The van der Waals surface area contributed by atoms with Crippen LogP contribution in [0.15, 0.2) is 34.5 Å². The van der Waals surface area contributed by atoms with Crippen LogP contribution in [0.4, 0.5) is 17.2 Å². The third-order valence-corrected chi connectivity index (χ3v) is 2.21. The Morgan fingerprint density at radius 2 is 2.06 bits per heavy atom. The molecule has 0 saturated carbocycles. The van der Waals surface area contributed by atoms with Gasteiger partial charge < -0.3 is 5.73 Å². The Morgan fingerprint density at radius 3 is 2.69 bits per heavy atom. The van der Waals surface area contributed by atoms with Gasteiger partial charge in [0.15, 0.2) is 5.82 Å². The molecule has 0 aliphatic rings. The van der Waals surface area contributed by atoms with E-state index in [0.29, 0.717) is 11.5 Å². The van der Waals surface area contributed by atoms with Gasteiger partial charge in [0.1, 0.15) is 5.69 Å². The molecule has 2 rings (SSSR count). The van der Waals surface area contributed by atoms with Gasteiger partial charge in [0.25, 0.3) is 0 Å². The third-order valence-electron chi connectivity index (χ3n) is 2.21. The van der Waals surface area contributed by atoms with E-state index in [1.165, 1.54) is 0 Å². The van der Waals surface area contributed by atoms with E-state index >= 15 is 0 Å². The molecule has 82 valence electrons. The van der Waals surface area contributed by atoms with Gasteiger partial charge in [-0.2, -0.15) is 10.2 Å². The van der Waals surface area contributed by atoms with Crippen LogP contribution in [0.3, 0.4) is 0 Å². The molecule has 3 N–H and O–H groups in total. The fraction of sp³-hybridized carbons (Fsp3) is 0.182. The molecule has 5 nitrogen and oxygen atoms in total. The first-order valence-corrected chi connectivity index (χ1v) is 4.95. The van der Waals surface area contributed by atoms with Gasteiger partial charge in [-0.1, -0.05) is 12.1 Å². The molecule has 0 aliphatic carbocycles. The van der Waals surface area contributed by atoms with Crippen molar-refractivity contribution in [2.24, 2.45) is 10.2 Å². The van der Waals surface area contributed by atoms with Crippen LogP contribution in [-0.4, -0.2) is 10.2 Å². The topological polar surface area (TPSA) is 79.4 Å². The molecule has 0 unspecified atom stereocenters. The number of H-pyrrole nitrogens is 1. The number of nitrogen functional groups attached to an aromatic ring is 1. The Morgan fingerprint density at radius 1 is 1.25 bits per heavy atom. The summed E-state index contributed by atoms with van der Waals surface area (Å²) in [6.45, 7) is 3.87. The Hall–Kier alpha value is -2.17. The zero-order valence-corrected chi connectivity index (χ0v) is 9.23. The van der Waals surface area contributed by atoms with E-state index in [4.69, 9.17) is 5.73 Å². The molecule has 0 amide bonds. The molecule has 0 fully saturated rings. The Bertz CT molecular complexity index is 507. The van der Waals surface area contributed by atoms with Crippen molar-refractivity contribution in [2.45, 2.75) is 13.8 Å². The molecule has 2 aromatic rings.